The molecule has 2 aromatic heterocycles. The van der Waals surface area contributed by atoms with Crippen molar-refractivity contribution in [1.29, 1.82) is 0 Å². The predicted molar refractivity (Wildman–Crippen MR) is 126 cm³/mol. The minimum atomic E-state index is -0.131. The van der Waals surface area contributed by atoms with E-state index >= 15 is 0 Å². The van der Waals surface area contributed by atoms with E-state index in [2.05, 4.69) is 4.98 Å². The van der Waals surface area contributed by atoms with E-state index < -0.39 is 0 Å². The summed E-state index contributed by atoms with van der Waals surface area (Å²) in [5, 5.41) is 5.31. The minimum absolute atomic E-state index is 0.00568. The topological polar surface area (TPSA) is 93.1 Å². The van der Waals surface area contributed by atoms with E-state index in [-0.39, 0.29) is 17.4 Å². The second-order valence-electron chi connectivity index (χ2n) is 9.29. The Morgan fingerprint density at radius 3 is 2.58 bits per heavy atom. The monoisotopic (exact) mass is 449 g/mol. The molecular weight excluding hydrogens is 418 g/mol. The highest BCUT2D eigenvalue weighted by Crippen LogP contribution is 2.31. The number of nitrogens with zero attached hydrogens (tertiary/aromatic N) is 4. The van der Waals surface area contributed by atoms with Crippen LogP contribution in [0.4, 0.5) is 0 Å². The number of hydrogen-bond acceptors (Lipinski definition) is 5. The van der Waals surface area contributed by atoms with Crippen LogP contribution in [-0.2, 0) is 0 Å². The Bertz CT molecular complexity index is 1210. The van der Waals surface area contributed by atoms with Crippen molar-refractivity contribution in [2.75, 3.05) is 20.2 Å². The molecule has 0 radical (unpaired) electrons. The Kier molecular flexibility index (Phi) is 5.91. The molecule has 8 nitrogen and oxygen atoms in total. The molecule has 1 aliphatic heterocycles. The third-order valence-corrected chi connectivity index (χ3v) is 7.11. The molecule has 1 amide bonds. The molecule has 1 saturated carbocycles. The molecular formula is C25H31N5O3. The predicted octanol–water partition coefficient (Wildman–Crippen LogP) is 3.96. The van der Waals surface area contributed by atoms with E-state index in [0.29, 0.717) is 41.6 Å². The van der Waals surface area contributed by atoms with Crippen molar-refractivity contribution in [3.05, 3.63) is 51.7 Å². The van der Waals surface area contributed by atoms with Crippen molar-refractivity contribution in [1.82, 2.24) is 24.6 Å². The molecule has 0 spiro atoms. The largest absolute Gasteiger partial charge is 0.497 e. The van der Waals surface area contributed by atoms with Gasteiger partial charge in [-0.2, -0.15) is 5.10 Å². The van der Waals surface area contributed by atoms with Gasteiger partial charge in [0.25, 0.3) is 11.5 Å². The zero-order valence-electron chi connectivity index (χ0n) is 19.3. The van der Waals surface area contributed by atoms with Crippen molar-refractivity contribution in [2.45, 2.75) is 63.8 Å². The molecule has 1 saturated heterocycles. The molecule has 8 heteroatoms. The van der Waals surface area contributed by atoms with Crippen molar-refractivity contribution in [2.24, 2.45) is 0 Å². The summed E-state index contributed by atoms with van der Waals surface area (Å²) in [6.07, 6.45) is 7.54. The fourth-order valence-corrected chi connectivity index (χ4v) is 5.30. The second-order valence-corrected chi connectivity index (χ2v) is 9.29. The quantitative estimate of drug-likeness (QED) is 0.651. The van der Waals surface area contributed by atoms with Crippen LogP contribution < -0.4 is 10.3 Å². The lowest BCUT2D eigenvalue weighted by Gasteiger charge is -2.32. The number of carbonyl (C=O) groups is 1. The normalized spacial score (nSPS) is 19.7. The van der Waals surface area contributed by atoms with Crippen LogP contribution in [0.5, 0.6) is 5.75 Å². The maximum Gasteiger partial charge on any atom is 0.262 e. The summed E-state index contributed by atoms with van der Waals surface area (Å²) in [7, 11) is 1.61. The highest BCUT2D eigenvalue weighted by Gasteiger charge is 2.29. The van der Waals surface area contributed by atoms with E-state index in [1.54, 1.807) is 31.4 Å². The Labute approximate surface area is 193 Å². The number of hydrogen-bond donors (Lipinski definition) is 1. The number of likely N-dealkylation sites (tertiary alicyclic amines) is 1. The summed E-state index contributed by atoms with van der Waals surface area (Å²) in [4.78, 5) is 35.9. The number of piperidine rings is 1. The molecule has 1 aromatic carbocycles. The molecule has 3 heterocycles. The van der Waals surface area contributed by atoms with Crippen molar-refractivity contribution in [3.8, 4) is 5.75 Å². The van der Waals surface area contributed by atoms with Crippen LogP contribution in [0.2, 0.25) is 0 Å². The zero-order chi connectivity index (χ0) is 22.9. The minimum Gasteiger partial charge on any atom is -0.497 e. The molecule has 3 aromatic rings. The van der Waals surface area contributed by atoms with Crippen molar-refractivity contribution >= 4 is 16.9 Å². The SMILES string of the molecule is COc1ccc(C(=O)N2CCCC(c3nc4c(c(C)nn4C4CCCCC4)c(=O)[nH]3)C2)cc1. The summed E-state index contributed by atoms with van der Waals surface area (Å²) in [5.41, 5.74) is 1.93. The first-order chi connectivity index (χ1) is 16.0. The summed E-state index contributed by atoms with van der Waals surface area (Å²) in [5.74, 6) is 1.38. The zero-order valence-corrected chi connectivity index (χ0v) is 19.3. The summed E-state index contributed by atoms with van der Waals surface area (Å²) >= 11 is 0. The fourth-order valence-electron chi connectivity index (χ4n) is 5.30. The number of benzene rings is 1. The van der Waals surface area contributed by atoms with Gasteiger partial charge in [0.15, 0.2) is 5.65 Å². The summed E-state index contributed by atoms with van der Waals surface area (Å²) in [6, 6.07) is 7.49. The molecule has 1 N–H and O–H groups in total. The third kappa shape index (κ3) is 4.14. The van der Waals surface area contributed by atoms with Gasteiger partial charge >= 0.3 is 0 Å². The average molecular weight is 450 g/mol. The number of amides is 1. The fraction of sp³-hybridized carbons (Fsp3) is 0.520. The van der Waals surface area contributed by atoms with E-state index in [1.165, 1.54) is 19.3 Å². The molecule has 1 unspecified atom stereocenters. The van der Waals surface area contributed by atoms with Gasteiger partial charge in [-0.1, -0.05) is 19.3 Å². The van der Waals surface area contributed by atoms with E-state index in [0.717, 1.165) is 37.1 Å². The highest BCUT2D eigenvalue weighted by molar-refractivity contribution is 5.94. The summed E-state index contributed by atoms with van der Waals surface area (Å²) < 4.78 is 7.19. The lowest BCUT2D eigenvalue weighted by atomic mass is 9.95. The lowest BCUT2D eigenvalue weighted by molar-refractivity contribution is 0.0704. The van der Waals surface area contributed by atoms with Gasteiger partial charge in [-0.05, 0) is 56.9 Å². The number of nitrogens with one attached hydrogen (secondary N) is 1. The Hall–Kier alpha value is -3.16. The third-order valence-electron chi connectivity index (χ3n) is 7.11. The number of fused-ring (bicyclic) bond motifs is 1. The standard InChI is InChI=1S/C25H31N5O3/c1-16-21-23(30(28-16)19-8-4-3-5-9-19)26-22(27-24(21)31)18-7-6-14-29(15-18)25(32)17-10-12-20(33-2)13-11-17/h10-13,18-19H,3-9,14-15H2,1-2H3,(H,26,27,31). The molecule has 174 valence electrons. The molecule has 0 bridgehead atoms. The van der Waals surface area contributed by atoms with Gasteiger partial charge in [0, 0.05) is 24.6 Å². The van der Waals surface area contributed by atoms with E-state index in [1.807, 2.05) is 16.5 Å². The van der Waals surface area contributed by atoms with E-state index in [4.69, 9.17) is 14.8 Å². The highest BCUT2D eigenvalue weighted by atomic mass is 16.5. The molecule has 1 atom stereocenters. The van der Waals surface area contributed by atoms with Crippen LogP contribution >= 0.6 is 0 Å². The number of methoxy groups -OCH3 is 1. The maximum absolute atomic E-state index is 13.1. The van der Waals surface area contributed by atoms with Crippen LogP contribution in [0, 0.1) is 6.92 Å². The molecule has 5 rings (SSSR count). The first-order valence-corrected chi connectivity index (χ1v) is 12.0. The Balaban J connectivity index is 1.43. The molecule has 2 fully saturated rings. The van der Waals surface area contributed by atoms with Gasteiger partial charge in [-0.25, -0.2) is 9.67 Å². The first kappa shape index (κ1) is 21.7. The smallest absolute Gasteiger partial charge is 0.262 e. The number of aromatic amines is 1. The van der Waals surface area contributed by atoms with Gasteiger partial charge in [0.05, 0.1) is 18.8 Å². The Morgan fingerprint density at radius 2 is 1.85 bits per heavy atom. The second kappa shape index (κ2) is 9.00. The van der Waals surface area contributed by atoms with Gasteiger partial charge < -0.3 is 14.6 Å². The van der Waals surface area contributed by atoms with Gasteiger partial charge in [0.2, 0.25) is 0 Å². The van der Waals surface area contributed by atoms with Crippen LogP contribution in [-0.4, -0.2) is 50.8 Å². The summed E-state index contributed by atoms with van der Waals surface area (Å²) in [6.45, 7) is 3.12. The van der Waals surface area contributed by atoms with Crippen LogP contribution in [0.3, 0.4) is 0 Å². The molecule has 2 aliphatic rings. The van der Waals surface area contributed by atoms with Gasteiger partial charge in [-0.3, -0.25) is 9.59 Å². The van der Waals surface area contributed by atoms with Crippen LogP contribution in [0.25, 0.3) is 11.0 Å². The number of aryl methyl sites for hydroxylation is 1. The number of aromatic nitrogens is 4. The number of carbonyl (C=O) groups excluding carboxylic acids is 1. The number of ether oxygens (including phenoxy) is 1. The maximum atomic E-state index is 13.1. The Morgan fingerprint density at radius 1 is 1.09 bits per heavy atom. The van der Waals surface area contributed by atoms with Gasteiger partial charge in [0.1, 0.15) is 17.0 Å². The number of H-pyrrole nitrogens is 1. The lowest BCUT2D eigenvalue weighted by Crippen LogP contribution is -2.40. The van der Waals surface area contributed by atoms with E-state index in [9.17, 15) is 9.59 Å². The van der Waals surface area contributed by atoms with Crippen LogP contribution in [0.15, 0.2) is 29.1 Å². The molecule has 1 aliphatic carbocycles. The molecule has 33 heavy (non-hydrogen) atoms. The van der Waals surface area contributed by atoms with Crippen molar-refractivity contribution < 1.29 is 9.53 Å². The number of rotatable bonds is 4. The van der Waals surface area contributed by atoms with Crippen molar-refractivity contribution in [3.63, 3.8) is 0 Å². The first-order valence-electron chi connectivity index (χ1n) is 12.0. The average Bonchev–Trinajstić information content (AvgIpc) is 3.21. The van der Waals surface area contributed by atoms with Gasteiger partial charge in [-0.15, -0.1) is 0 Å². The van der Waals surface area contributed by atoms with Crippen LogP contribution in [0.1, 0.15) is 78.8 Å².